The number of methoxy groups -OCH3 is 1. The topological polar surface area (TPSA) is 122 Å². The quantitative estimate of drug-likeness (QED) is 0.141. The van der Waals surface area contributed by atoms with Crippen LogP contribution >= 0.6 is 34.3 Å². The van der Waals surface area contributed by atoms with Crippen LogP contribution in [-0.2, 0) is 32.8 Å². The number of thiophene rings is 2. The molecule has 270 valence electrons. The van der Waals surface area contributed by atoms with Gasteiger partial charge >= 0.3 is 0 Å². The fraction of sp³-hybridized carbons (Fsp3) is 0.325. The van der Waals surface area contributed by atoms with Gasteiger partial charge in [0.2, 0.25) is 23.6 Å². The number of phenols is 1. The van der Waals surface area contributed by atoms with E-state index in [4.69, 9.17) is 21.4 Å². The van der Waals surface area contributed by atoms with Gasteiger partial charge < -0.3 is 9.84 Å². The molecule has 2 aliphatic heterocycles. The lowest BCUT2D eigenvalue weighted by molar-refractivity contribution is -0.141. The molecule has 6 atom stereocenters. The Labute approximate surface area is 318 Å². The minimum atomic E-state index is -1.26. The van der Waals surface area contributed by atoms with E-state index in [0.717, 1.165) is 31.0 Å². The van der Waals surface area contributed by atoms with E-state index in [-0.39, 0.29) is 48.1 Å². The molecule has 3 aromatic heterocycles. The first-order valence-corrected chi connectivity index (χ1v) is 19.6. The number of hydrogen-bond acceptors (Lipinski definition) is 9. The highest BCUT2D eigenvalue weighted by molar-refractivity contribution is 7.22. The number of allylic oxidation sites excluding steroid dienone is 2. The SMILES string of the molecule is COc1cc([C@H]2C3=CC[C@@H]4C(=O)N(Cc5cccs5)C(=O)[C@@H]4[C@@H]3C[C@H]3C(=O)N(c4cc(-c5sc6ccc(Cl)cc6c5C)nn4C)C(=O)[C@@]23C)ccc1O. The summed E-state index contributed by atoms with van der Waals surface area (Å²) < 4.78 is 8.13. The van der Waals surface area contributed by atoms with Crippen LogP contribution in [0, 0.1) is 36.0 Å². The lowest BCUT2D eigenvalue weighted by Crippen LogP contribution is -2.48. The van der Waals surface area contributed by atoms with E-state index >= 15 is 4.79 Å². The van der Waals surface area contributed by atoms with Gasteiger partial charge in [0.1, 0.15) is 11.5 Å². The number of hydrogen-bond donors (Lipinski definition) is 1. The number of imide groups is 2. The largest absolute Gasteiger partial charge is 0.504 e. The number of fused-ring (bicyclic) bond motifs is 5. The number of likely N-dealkylation sites (tertiary alicyclic amines) is 1. The number of carbonyl (C=O) groups is 4. The van der Waals surface area contributed by atoms with Crippen LogP contribution in [0.2, 0.25) is 5.02 Å². The zero-order valence-electron chi connectivity index (χ0n) is 29.3. The molecule has 0 unspecified atom stereocenters. The van der Waals surface area contributed by atoms with Crippen molar-refractivity contribution in [2.45, 2.75) is 39.2 Å². The Hall–Kier alpha value is -4.78. The summed E-state index contributed by atoms with van der Waals surface area (Å²) in [6.07, 6.45) is 2.62. The maximum absolute atomic E-state index is 15.1. The van der Waals surface area contributed by atoms with Crippen molar-refractivity contribution in [3.05, 3.63) is 92.7 Å². The van der Waals surface area contributed by atoms with E-state index < -0.39 is 35.0 Å². The summed E-state index contributed by atoms with van der Waals surface area (Å²) in [6.45, 7) is 4.06. The first-order chi connectivity index (χ1) is 25.4. The lowest BCUT2D eigenvalue weighted by atomic mass is 9.51. The molecule has 3 fully saturated rings. The normalized spacial score (nSPS) is 26.7. The number of nitrogens with zero attached hydrogens (tertiary/aromatic N) is 4. The Morgan fingerprint density at radius 3 is 2.60 bits per heavy atom. The monoisotopic (exact) mass is 766 g/mol. The standard InChI is InChI=1S/C40H35ClN4O6S2/c1-19-25-15-21(41)8-12-31(25)53-35(19)28-17-32(43(3)42-28)45-37(48)27-16-26-23(34(40(27,2)39(45)50)20-7-11-29(46)30(14-20)51-4)9-10-24-33(26)38(49)44(36(24)47)18-22-6-5-13-52-22/h5-9,11-15,17,24,26-27,33-34,46H,10,16,18H2,1-4H3/t24-,26+,27-,33-,34-,40+/m0/s1. The van der Waals surface area contributed by atoms with Gasteiger partial charge in [0, 0.05) is 33.6 Å². The Morgan fingerprint density at radius 2 is 1.85 bits per heavy atom. The van der Waals surface area contributed by atoms with E-state index in [0.29, 0.717) is 28.5 Å². The third-order valence-electron chi connectivity index (χ3n) is 12.0. The first kappa shape index (κ1) is 34.0. The van der Waals surface area contributed by atoms with Crippen molar-refractivity contribution in [1.82, 2.24) is 14.7 Å². The molecular weight excluding hydrogens is 732 g/mol. The number of rotatable bonds is 6. The van der Waals surface area contributed by atoms with Gasteiger partial charge in [0.05, 0.1) is 41.7 Å². The van der Waals surface area contributed by atoms with Crippen LogP contribution < -0.4 is 9.64 Å². The average Bonchev–Trinajstić information content (AvgIpc) is 3.95. The van der Waals surface area contributed by atoms with Gasteiger partial charge in [-0.3, -0.25) is 28.8 Å². The molecule has 2 aromatic carbocycles. The summed E-state index contributed by atoms with van der Waals surface area (Å²) >= 11 is 9.38. The third kappa shape index (κ3) is 4.84. The maximum atomic E-state index is 15.1. The molecule has 4 aliphatic rings. The number of carbonyl (C=O) groups excluding carboxylic acids is 4. The number of ether oxygens (including phenoxy) is 1. The van der Waals surface area contributed by atoms with Crippen molar-refractivity contribution in [3.8, 4) is 22.1 Å². The van der Waals surface area contributed by atoms with Crippen LogP contribution in [0.5, 0.6) is 11.5 Å². The van der Waals surface area contributed by atoms with Gasteiger partial charge in [0.25, 0.3) is 0 Å². The van der Waals surface area contributed by atoms with Crippen molar-refractivity contribution in [3.63, 3.8) is 0 Å². The Balaban J connectivity index is 1.15. The van der Waals surface area contributed by atoms with Crippen molar-refractivity contribution in [2.75, 3.05) is 12.0 Å². The molecule has 5 heterocycles. The number of aromatic hydroxyl groups is 1. The van der Waals surface area contributed by atoms with Gasteiger partial charge in [-0.2, -0.15) is 5.10 Å². The van der Waals surface area contributed by atoms with Crippen molar-refractivity contribution in [2.24, 2.45) is 36.1 Å². The molecule has 0 spiro atoms. The molecule has 9 rings (SSSR count). The number of amides is 4. The highest BCUT2D eigenvalue weighted by Crippen LogP contribution is 2.64. The molecule has 13 heteroatoms. The summed E-state index contributed by atoms with van der Waals surface area (Å²) in [5.74, 6) is -3.73. The highest BCUT2D eigenvalue weighted by atomic mass is 35.5. The van der Waals surface area contributed by atoms with Crippen molar-refractivity contribution in [1.29, 1.82) is 0 Å². The molecule has 0 bridgehead atoms. The fourth-order valence-corrected chi connectivity index (χ4v) is 11.5. The summed E-state index contributed by atoms with van der Waals surface area (Å²) in [7, 11) is 3.19. The fourth-order valence-electron chi connectivity index (χ4n) is 9.48. The number of halogens is 1. The van der Waals surface area contributed by atoms with Gasteiger partial charge in [-0.25, -0.2) is 4.90 Å². The molecular formula is C40H35ClN4O6S2. The van der Waals surface area contributed by atoms with E-state index in [2.05, 4.69) is 0 Å². The summed E-state index contributed by atoms with van der Waals surface area (Å²) in [4.78, 5) is 62.5. The van der Waals surface area contributed by atoms with Crippen LogP contribution in [0.25, 0.3) is 20.7 Å². The zero-order chi connectivity index (χ0) is 37.1. The second kappa shape index (κ2) is 12.1. The van der Waals surface area contributed by atoms with Crippen LogP contribution in [-0.4, -0.2) is 50.5 Å². The summed E-state index contributed by atoms with van der Waals surface area (Å²) in [6, 6.07) is 16.3. The molecule has 0 radical (unpaired) electrons. The Bertz CT molecular complexity index is 2430. The smallest absolute Gasteiger partial charge is 0.242 e. The van der Waals surface area contributed by atoms with E-state index in [9.17, 15) is 19.5 Å². The van der Waals surface area contributed by atoms with Gasteiger partial charge in [0.15, 0.2) is 11.5 Å². The van der Waals surface area contributed by atoms with Crippen molar-refractivity contribution >= 4 is 73.8 Å². The molecule has 2 aliphatic carbocycles. The Kier molecular flexibility index (Phi) is 7.78. The molecule has 1 N–H and O–H groups in total. The molecule has 1 saturated carbocycles. The predicted molar refractivity (Wildman–Crippen MR) is 203 cm³/mol. The van der Waals surface area contributed by atoms with Crippen LogP contribution in [0.1, 0.15) is 41.7 Å². The number of benzene rings is 2. The second-order valence-corrected chi connectivity index (χ2v) is 17.2. The number of anilines is 1. The minimum absolute atomic E-state index is 0.0551. The lowest BCUT2D eigenvalue weighted by Gasteiger charge is -2.49. The van der Waals surface area contributed by atoms with Gasteiger partial charge in [-0.15, -0.1) is 22.7 Å². The molecule has 5 aromatic rings. The molecule has 53 heavy (non-hydrogen) atoms. The van der Waals surface area contributed by atoms with Crippen molar-refractivity contribution < 1.29 is 29.0 Å². The van der Waals surface area contributed by atoms with Crippen LogP contribution in [0.3, 0.4) is 0 Å². The Morgan fingerprint density at radius 1 is 1.04 bits per heavy atom. The molecule has 4 amide bonds. The predicted octanol–water partition coefficient (Wildman–Crippen LogP) is 7.47. The summed E-state index contributed by atoms with van der Waals surface area (Å²) in [5.41, 5.74) is 1.93. The van der Waals surface area contributed by atoms with E-state index in [1.165, 1.54) is 34.3 Å². The third-order valence-corrected chi connectivity index (χ3v) is 14.4. The van der Waals surface area contributed by atoms with Crippen LogP contribution in [0.4, 0.5) is 5.82 Å². The summed E-state index contributed by atoms with van der Waals surface area (Å²) in [5, 5.41) is 18.9. The minimum Gasteiger partial charge on any atom is -0.504 e. The van der Waals surface area contributed by atoms with E-state index in [1.807, 2.05) is 55.6 Å². The molecule has 2 saturated heterocycles. The highest BCUT2D eigenvalue weighted by Gasteiger charge is 2.68. The number of aromatic nitrogens is 2. The average molecular weight is 767 g/mol. The maximum Gasteiger partial charge on any atom is 0.242 e. The number of aryl methyl sites for hydroxylation is 2. The molecule has 10 nitrogen and oxygen atoms in total. The first-order valence-electron chi connectivity index (χ1n) is 17.5. The van der Waals surface area contributed by atoms with Crippen LogP contribution in [0.15, 0.2) is 71.6 Å². The van der Waals surface area contributed by atoms with E-state index in [1.54, 1.807) is 41.3 Å². The van der Waals surface area contributed by atoms with Gasteiger partial charge in [-0.05, 0) is 90.9 Å². The second-order valence-electron chi connectivity index (χ2n) is 14.6. The van der Waals surface area contributed by atoms with Gasteiger partial charge in [-0.1, -0.05) is 35.4 Å². The number of phenolic OH excluding ortho intramolecular Hbond substituents is 1. The zero-order valence-corrected chi connectivity index (χ0v) is 31.7.